The number of rotatable bonds is 2. The van der Waals surface area contributed by atoms with Crippen LogP contribution in [0.5, 0.6) is 5.75 Å². The second kappa shape index (κ2) is 3.67. The Morgan fingerprint density at radius 3 is 3.08 bits per heavy atom. The third-order valence-electron chi connectivity index (χ3n) is 1.37. The van der Waals surface area contributed by atoms with E-state index in [2.05, 4.69) is 9.72 Å². The molecular weight excluding hydrogens is 159 g/mol. The van der Waals surface area contributed by atoms with Crippen LogP contribution in [0.4, 0.5) is 4.39 Å². The average Bonchev–Trinajstić information content (AvgIpc) is 2.09. The van der Waals surface area contributed by atoms with Gasteiger partial charge in [0, 0.05) is 6.20 Å². The summed E-state index contributed by atoms with van der Waals surface area (Å²) in [5.41, 5.74) is 0.649. The molecule has 0 aliphatic heterocycles. The SMILES string of the molecule is COc1cc(CC#N)cnc1F. The van der Waals surface area contributed by atoms with Crippen LogP contribution < -0.4 is 4.74 Å². The first-order valence-corrected chi connectivity index (χ1v) is 3.33. The molecule has 0 aliphatic rings. The molecule has 1 aromatic rings. The summed E-state index contributed by atoms with van der Waals surface area (Å²) in [6.45, 7) is 0. The Morgan fingerprint density at radius 2 is 2.50 bits per heavy atom. The summed E-state index contributed by atoms with van der Waals surface area (Å²) in [5, 5.41) is 8.34. The molecule has 0 unspecified atom stereocenters. The van der Waals surface area contributed by atoms with Gasteiger partial charge in [0.15, 0.2) is 5.75 Å². The molecule has 0 aromatic carbocycles. The molecule has 4 heteroatoms. The summed E-state index contributed by atoms with van der Waals surface area (Å²) in [6, 6.07) is 3.40. The predicted molar refractivity (Wildman–Crippen MR) is 40.1 cm³/mol. The Labute approximate surface area is 69.4 Å². The van der Waals surface area contributed by atoms with Crippen molar-refractivity contribution in [2.24, 2.45) is 0 Å². The monoisotopic (exact) mass is 166 g/mol. The van der Waals surface area contributed by atoms with Gasteiger partial charge in [0.25, 0.3) is 5.95 Å². The van der Waals surface area contributed by atoms with Gasteiger partial charge in [-0.1, -0.05) is 0 Å². The molecule has 62 valence electrons. The fourth-order valence-electron chi connectivity index (χ4n) is 0.800. The Balaban J connectivity index is 2.98. The van der Waals surface area contributed by atoms with Crippen molar-refractivity contribution in [2.75, 3.05) is 7.11 Å². The van der Waals surface area contributed by atoms with Gasteiger partial charge in [0.1, 0.15) is 0 Å². The zero-order valence-corrected chi connectivity index (χ0v) is 6.54. The first-order valence-electron chi connectivity index (χ1n) is 3.33. The van der Waals surface area contributed by atoms with Gasteiger partial charge in [-0.05, 0) is 11.6 Å². The van der Waals surface area contributed by atoms with Gasteiger partial charge in [-0.3, -0.25) is 0 Å². The van der Waals surface area contributed by atoms with Gasteiger partial charge in [0.05, 0.1) is 19.6 Å². The van der Waals surface area contributed by atoms with Crippen molar-refractivity contribution in [3.8, 4) is 11.8 Å². The Morgan fingerprint density at radius 1 is 1.75 bits per heavy atom. The summed E-state index contributed by atoms with van der Waals surface area (Å²) < 4.78 is 17.4. The summed E-state index contributed by atoms with van der Waals surface area (Å²) >= 11 is 0. The molecule has 1 aromatic heterocycles. The highest BCUT2D eigenvalue weighted by molar-refractivity contribution is 5.26. The van der Waals surface area contributed by atoms with E-state index in [-0.39, 0.29) is 12.2 Å². The van der Waals surface area contributed by atoms with Crippen molar-refractivity contribution < 1.29 is 9.13 Å². The highest BCUT2D eigenvalue weighted by atomic mass is 19.1. The smallest absolute Gasteiger partial charge is 0.255 e. The lowest BCUT2D eigenvalue weighted by Gasteiger charge is -2.01. The van der Waals surface area contributed by atoms with Gasteiger partial charge >= 0.3 is 0 Å². The van der Waals surface area contributed by atoms with Gasteiger partial charge in [-0.2, -0.15) is 9.65 Å². The lowest BCUT2D eigenvalue weighted by molar-refractivity contribution is 0.377. The maximum atomic E-state index is 12.7. The lowest BCUT2D eigenvalue weighted by Crippen LogP contribution is -1.93. The summed E-state index contributed by atoms with van der Waals surface area (Å²) in [6.07, 6.45) is 1.53. The molecule has 0 atom stereocenters. The van der Waals surface area contributed by atoms with E-state index < -0.39 is 5.95 Å². The maximum absolute atomic E-state index is 12.7. The second-order valence-electron chi connectivity index (χ2n) is 2.17. The fraction of sp³-hybridized carbons (Fsp3) is 0.250. The lowest BCUT2D eigenvalue weighted by atomic mass is 10.2. The van der Waals surface area contributed by atoms with Crippen LogP contribution in [0.2, 0.25) is 0 Å². The van der Waals surface area contributed by atoms with Crippen LogP contribution in [0.15, 0.2) is 12.3 Å². The number of hydrogen-bond acceptors (Lipinski definition) is 3. The van der Waals surface area contributed by atoms with Crippen molar-refractivity contribution in [2.45, 2.75) is 6.42 Å². The summed E-state index contributed by atoms with van der Waals surface area (Å²) in [7, 11) is 1.36. The van der Waals surface area contributed by atoms with Crippen LogP contribution in [0.1, 0.15) is 5.56 Å². The van der Waals surface area contributed by atoms with Crippen LogP contribution in [0.25, 0.3) is 0 Å². The van der Waals surface area contributed by atoms with Gasteiger partial charge in [0.2, 0.25) is 0 Å². The van der Waals surface area contributed by atoms with Crippen molar-refractivity contribution in [3.05, 3.63) is 23.8 Å². The third kappa shape index (κ3) is 1.70. The van der Waals surface area contributed by atoms with Crippen LogP contribution in [-0.4, -0.2) is 12.1 Å². The van der Waals surface area contributed by atoms with E-state index in [0.29, 0.717) is 5.56 Å². The topological polar surface area (TPSA) is 45.9 Å². The van der Waals surface area contributed by atoms with E-state index >= 15 is 0 Å². The normalized spacial score (nSPS) is 9.08. The van der Waals surface area contributed by atoms with Crippen LogP contribution in [0, 0.1) is 17.3 Å². The minimum absolute atomic E-state index is 0.0720. The Hall–Kier alpha value is -1.63. The standard InChI is InChI=1S/C8H7FN2O/c1-12-7-4-6(2-3-10)5-11-8(7)9/h4-5H,2H2,1H3. The van der Waals surface area contributed by atoms with Crippen molar-refractivity contribution in [1.82, 2.24) is 4.98 Å². The molecule has 0 saturated carbocycles. The number of nitriles is 1. The zero-order valence-electron chi connectivity index (χ0n) is 6.54. The van der Waals surface area contributed by atoms with E-state index in [1.54, 1.807) is 0 Å². The Kier molecular flexibility index (Phi) is 2.59. The van der Waals surface area contributed by atoms with Crippen LogP contribution in [0.3, 0.4) is 0 Å². The van der Waals surface area contributed by atoms with E-state index in [4.69, 9.17) is 5.26 Å². The molecule has 0 radical (unpaired) electrons. The molecule has 0 aliphatic carbocycles. The number of ether oxygens (including phenoxy) is 1. The van der Waals surface area contributed by atoms with E-state index in [0.717, 1.165) is 0 Å². The molecule has 0 amide bonds. The van der Waals surface area contributed by atoms with Crippen LogP contribution in [-0.2, 0) is 6.42 Å². The van der Waals surface area contributed by atoms with Crippen molar-refractivity contribution in [3.63, 3.8) is 0 Å². The van der Waals surface area contributed by atoms with E-state index in [1.165, 1.54) is 19.4 Å². The second-order valence-corrected chi connectivity index (χ2v) is 2.17. The number of methoxy groups -OCH3 is 1. The first kappa shape index (κ1) is 8.47. The van der Waals surface area contributed by atoms with Gasteiger partial charge < -0.3 is 4.74 Å². The van der Waals surface area contributed by atoms with Crippen LogP contribution >= 0.6 is 0 Å². The minimum Gasteiger partial charge on any atom is -0.492 e. The summed E-state index contributed by atoms with van der Waals surface area (Å²) in [4.78, 5) is 3.43. The molecule has 0 bridgehead atoms. The summed E-state index contributed by atoms with van der Waals surface area (Å²) in [5.74, 6) is -0.582. The van der Waals surface area contributed by atoms with Gasteiger partial charge in [-0.15, -0.1) is 0 Å². The molecular formula is C8H7FN2O. The molecule has 0 spiro atoms. The molecule has 0 saturated heterocycles. The molecule has 12 heavy (non-hydrogen) atoms. The first-order chi connectivity index (χ1) is 5.77. The quantitative estimate of drug-likeness (QED) is 0.622. The minimum atomic E-state index is -0.654. The molecule has 1 heterocycles. The van der Waals surface area contributed by atoms with Crippen molar-refractivity contribution >= 4 is 0 Å². The molecule has 1 rings (SSSR count). The number of nitrogens with zero attached hydrogens (tertiary/aromatic N) is 2. The molecule has 0 fully saturated rings. The number of halogens is 1. The largest absolute Gasteiger partial charge is 0.492 e. The third-order valence-corrected chi connectivity index (χ3v) is 1.37. The van der Waals surface area contributed by atoms with E-state index in [1.807, 2.05) is 6.07 Å². The fourth-order valence-corrected chi connectivity index (χ4v) is 0.800. The molecule has 3 nitrogen and oxygen atoms in total. The number of aromatic nitrogens is 1. The zero-order chi connectivity index (χ0) is 8.97. The Bertz CT molecular complexity index is 319. The van der Waals surface area contributed by atoms with E-state index in [9.17, 15) is 4.39 Å². The maximum Gasteiger partial charge on any atom is 0.255 e. The van der Waals surface area contributed by atoms with Gasteiger partial charge in [-0.25, -0.2) is 4.98 Å². The predicted octanol–water partition coefficient (Wildman–Crippen LogP) is 1.30. The number of hydrogen-bond donors (Lipinski definition) is 0. The van der Waals surface area contributed by atoms with Crippen molar-refractivity contribution in [1.29, 1.82) is 5.26 Å². The number of pyridine rings is 1. The molecule has 0 N–H and O–H groups in total. The average molecular weight is 166 g/mol. The highest BCUT2D eigenvalue weighted by Gasteiger charge is 2.03. The highest BCUT2D eigenvalue weighted by Crippen LogP contribution is 2.15.